The number of likely N-dealkylation sites (N-methyl/N-ethyl adjacent to an activating group) is 1. The molecule has 2 saturated heterocycles. The summed E-state index contributed by atoms with van der Waals surface area (Å²) in [5.74, 6) is -0.397. The number of nitrogens with one attached hydrogen (secondary N) is 2. The molecule has 5 rings (SSSR count). The third kappa shape index (κ3) is 7.58. The molecule has 13 nitrogen and oxygen atoms in total. The van der Waals surface area contributed by atoms with Gasteiger partial charge in [-0.05, 0) is 80.7 Å². The van der Waals surface area contributed by atoms with Crippen molar-refractivity contribution in [2.24, 2.45) is 0 Å². The van der Waals surface area contributed by atoms with Gasteiger partial charge in [0.25, 0.3) is 11.8 Å². The third-order valence-corrected chi connectivity index (χ3v) is 8.17. The summed E-state index contributed by atoms with van der Waals surface area (Å²) in [7, 11) is 3.62. The molecule has 2 aliphatic heterocycles. The van der Waals surface area contributed by atoms with Crippen molar-refractivity contribution in [3.63, 3.8) is 0 Å². The van der Waals surface area contributed by atoms with Crippen molar-refractivity contribution >= 4 is 28.9 Å². The summed E-state index contributed by atoms with van der Waals surface area (Å²) in [4.78, 5) is 31.3. The molecule has 0 radical (unpaired) electrons. The first kappa shape index (κ1) is 33.1. The van der Waals surface area contributed by atoms with Crippen LogP contribution in [-0.4, -0.2) is 115 Å². The Bertz CT molecular complexity index is 1490. The smallest absolute Gasteiger partial charge is 0.255 e. The Labute approximate surface area is 266 Å². The first-order valence-electron chi connectivity index (χ1n) is 15.1. The van der Waals surface area contributed by atoms with Crippen LogP contribution in [0.1, 0.15) is 27.1 Å². The van der Waals surface area contributed by atoms with E-state index in [1.54, 1.807) is 48.5 Å². The number of hydrogen-bond acceptors (Lipinski definition) is 11. The second kappa shape index (κ2) is 14.9. The topological polar surface area (TPSA) is 173 Å². The lowest BCUT2D eigenvalue weighted by Gasteiger charge is -2.39. The highest BCUT2D eigenvalue weighted by molar-refractivity contribution is 6.11. The van der Waals surface area contributed by atoms with Gasteiger partial charge in [-0.15, -0.1) is 0 Å². The Kier molecular flexibility index (Phi) is 10.7. The first-order chi connectivity index (χ1) is 22.2. The number of amides is 2. The molecule has 46 heavy (non-hydrogen) atoms. The summed E-state index contributed by atoms with van der Waals surface area (Å²) in [5, 5.41) is 46.3. The highest BCUT2D eigenvalue weighted by Crippen LogP contribution is 2.36. The molecule has 5 atom stereocenters. The van der Waals surface area contributed by atoms with E-state index in [9.17, 15) is 30.0 Å². The lowest BCUT2D eigenvalue weighted by atomic mass is 9.99. The number of ether oxygens (including phenoxy) is 3. The minimum atomic E-state index is -1.69. The minimum Gasteiger partial charge on any atom is -0.497 e. The molecule has 2 fully saturated rings. The van der Waals surface area contributed by atoms with E-state index in [0.717, 1.165) is 38.3 Å². The lowest BCUT2D eigenvalue weighted by molar-refractivity contribution is -0.277. The summed E-state index contributed by atoms with van der Waals surface area (Å²) in [5.41, 5.74) is 1.93. The molecule has 0 saturated carbocycles. The predicted molar refractivity (Wildman–Crippen MR) is 171 cm³/mol. The van der Waals surface area contributed by atoms with Crippen molar-refractivity contribution < 1.29 is 44.2 Å². The monoisotopic (exact) mass is 636 g/mol. The number of aliphatic hydroxyl groups excluding tert-OH is 4. The molecular weight excluding hydrogens is 596 g/mol. The van der Waals surface area contributed by atoms with E-state index in [-0.39, 0.29) is 17.1 Å². The maximum absolute atomic E-state index is 13.6. The van der Waals surface area contributed by atoms with Gasteiger partial charge in [0.15, 0.2) is 0 Å². The molecule has 2 amide bonds. The van der Waals surface area contributed by atoms with Crippen LogP contribution in [0.15, 0.2) is 66.7 Å². The second-order valence-electron chi connectivity index (χ2n) is 11.3. The molecule has 0 bridgehead atoms. The number of aliphatic hydroxyl groups is 4. The number of para-hydroxylation sites is 1. The number of carbonyl (C=O) groups is 2. The van der Waals surface area contributed by atoms with E-state index in [4.69, 9.17) is 14.2 Å². The molecule has 3 aromatic carbocycles. The van der Waals surface area contributed by atoms with Crippen LogP contribution in [0.3, 0.4) is 0 Å². The molecule has 0 unspecified atom stereocenters. The van der Waals surface area contributed by atoms with Crippen LogP contribution < -0.4 is 25.0 Å². The van der Waals surface area contributed by atoms with Gasteiger partial charge in [-0.1, -0.05) is 6.07 Å². The standard InChI is InChI=1S/C33H40N4O9/c1-36-15-4-16-37(18-17-36)22-11-7-20(8-12-22)32(43)35-27-24(34-31(42)21-9-13-23(44-2)14-10-21)5-3-6-25(27)45-33-30(41)29(40)28(39)26(19-38)46-33/h3,5-14,26,28-30,33,38-41H,4,15-19H2,1-2H3,(H,34,42)(H,35,43)/t26-,28-,29+,30-,33+/m1/s1. The molecule has 3 aromatic rings. The molecular formula is C33H40N4O9. The second-order valence-corrected chi connectivity index (χ2v) is 11.3. The maximum atomic E-state index is 13.6. The zero-order chi connectivity index (χ0) is 32.8. The molecule has 2 heterocycles. The van der Waals surface area contributed by atoms with E-state index in [1.807, 2.05) is 12.1 Å². The maximum Gasteiger partial charge on any atom is 0.255 e. The Morgan fingerprint density at radius 1 is 0.848 bits per heavy atom. The van der Waals surface area contributed by atoms with Crippen molar-refractivity contribution in [3.05, 3.63) is 77.9 Å². The highest BCUT2D eigenvalue weighted by atomic mass is 16.7. The lowest BCUT2D eigenvalue weighted by Crippen LogP contribution is -2.60. The van der Waals surface area contributed by atoms with Gasteiger partial charge in [0.2, 0.25) is 6.29 Å². The van der Waals surface area contributed by atoms with Crippen LogP contribution in [0.25, 0.3) is 0 Å². The van der Waals surface area contributed by atoms with Gasteiger partial charge < -0.3 is 55.1 Å². The predicted octanol–water partition coefficient (Wildman–Crippen LogP) is 1.52. The van der Waals surface area contributed by atoms with Gasteiger partial charge in [0.1, 0.15) is 41.6 Å². The minimum absolute atomic E-state index is 0.00415. The molecule has 246 valence electrons. The molecule has 6 N–H and O–H groups in total. The van der Waals surface area contributed by atoms with Gasteiger partial charge in [-0.3, -0.25) is 9.59 Å². The largest absolute Gasteiger partial charge is 0.497 e. The number of hydrogen-bond donors (Lipinski definition) is 6. The fourth-order valence-electron chi connectivity index (χ4n) is 5.40. The van der Waals surface area contributed by atoms with Gasteiger partial charge >= 0.3 is 0 Å². The van der Waals surface area contributed by atoms with Crippen LogP contribution in [0.4, 0.5) is 17.1 Å². The Morgan fingerprint density at radius 3 is 2.20 bits per heavy atom. The quantitative estimate of drug-likeness (QED) is 0.201. The number of carbonyl (C=O) groups excluding carboxylic acids is 2. The zero-order valence-corrected chi connectivity index (χ0v) is 25.7. The molecule has 0 spiro atoms. The van der Waals surface area contributed by atoms with Crippen molar-refractivity contribution in [2.75, 3.05) is 62.5 Å². The Balaban J connectivity index is 1.41. The van der Waals surface area contributed by atoms with E-state index in [1.165, 1.54) is 13.2 Å². The highest BCUT2D eigenvalue weighted by Gasteiger charge is 2.45. The fourth-order valence-corrected chi connectivity index (χ4v) is 5.40. The van der Waals surface area contributed by atoms with Crippen molar-refractivity contribution in [1.29, 1.82) is 0 Å². The van der Waals surface area contributed by atoms with Gasteiger partial charge in [-0.25, -0.2) is 0 Å². The Morgan fingerprint density at radius 2 is 1.52 bits per heavy atom. The number of benzene rings is 3. The van der Waals surface area contributed by atoms with E-state index in [0.29, 0.717) is 16.9 Å². The van der Waals surface area contributed by atoms with E-state index >= 15 is 0 Å². The van der Waals surface area contributed by atoms with E-state index in [2.05, 4.69) is 27.5 Å². The molecule has 13 heteroatoms. The third-order valence-electron chi connectivity index (χ3n) is 8.17. The van der Waals surface area contributed by atoms with Gasteiger partial charge in [-0.2, -0.15) is 0 Å². The van der Waals surface area contributed by atoms with Crippen LogP contribution >= 0.6 is 0 Å². The number of rotatable bonds is 9. The fraction of sp³-hybridized carbons (Fsp3) is 0.394. The van der Waals surface area contributed by atoms with Crippen LogP contribution in [-0.2, 0) is 4.74 Å². The van der Waals surface area contributed by atoms with Crippen molar-refractivity contribution in [2.45, 2.75) is 37.1 Å². The average molecular weight is 637 g/mol. The van der Waals surface area contributed by atoms with Crippen LogP contribution in [0.2, 0.25) is 0 Å². The average Bonchev–Trinajstić information content (AvgIpc) is 3.30. The number of nitrogens with zero attached hydrogens (tertiary/aromatic N) is 2. The summed E-state index contributed by atoms with van der Waals surface area (Å²) in [6.45, 7) is 3.12. The van der Waals surface area contributed by atoms with Crippen molar-refractivity contribution in [3.8, 4) is 11.5 Å². The van der Waals surface area contributed by atoms with Crippen molar-refractivity contribution in [1.82, 2.24) is 4.90 Å². The normalized spacial score (nSPS) is 23.7. The molecule has 0 aliphatic carbocycles. The summed E-state index contributed by atoms with van der Waals surface area (Å²) >= 11 is 0. The molecule has 0 aromatic heterocycles. The summed E-state index contributed by atoms with van der Waals surface area (Å²) in [6, 6.07) is 18.3. The Hall–Kier alpha value is -4.24. The summed E-state index contributed by atoms with van der Waals surface area (Å²) in [6.07, 6.45) is -6.63. The first-order valence-corrected chi connectivity index (χ1v) is 15.1. The zero-order valence-electron chi connectivity index (χ0n) is 25.7. The number of methoxy groups -OCH3 is 1. The van der Waals surface area contributed by atoms with Gasteiger partial charge in [0, 0.05) is 36.4 Å². The molecule has 2 aliphatic rings. The SMILES string of the molecule is COc1ccc(C(=O)Nc2cccc(O[C@H]3O[C@H](CO)[C@@H](O)[C@H](O)[C@H]3O)c2NC(=O)c2ccc(N3CCCN(C)CC3)cc2)cc1. The summed E-state index contributed by atoms with van der Waals surface area (Å²) < 4.78 is 16.6. The van der Waals surface area contributed by atoms with Crippen LogP contribution in [0.5, 0.6) is 11.5 Å². The van der Waals surface area contributed by atoms with Gasteiger partial charge in [0.05, 0.1) is 19.4 Å². The number of anilines is 3. The van der Waals surface area contributed by atoms with Crippen LogP contribution in [0, 0.1) is 0 Å². The van der Waals surface area contributed by atoms with E-state index < -0.39 is 49.1 Å².